The first-order valence-electron chi connectivity index (χ1n) is 21.5. The second kappa shape index (κ2) is 29.7. The van der Waals surface area contributed by atoms with Gasteiger partial charge in [-0.3, -0.25) is 20.2 Å². The number of aliphatic hydroxyl groups excluding tert-OH is 1. The molecule has 21 heteroatoms. The Labute approximate surface area is 408 Å². The minimum Gasteiger partial charge on any atom is -0.594 e. The minimum atomic E-state index is -0.444. The van der Waals surface area contributed by atoms with E-state index in [-0.39, 0.29) is 29.2 Å². The van der Waals surface area contributed by atoms with Crippen LogP contribution in [0, 0.1) is 30.6 Å². The molecule has 0 bridgehead atoms. The van der Waals surface area contributed by atoms with Gasteiger partial charge in [0.2, 0.25) is 0 Å². The van der Waals surface area contributed by atoms with Crippen molar-refractivity contribution >= 4 is 62.4 Å². The van der Waals surface area contributed by atoms with E-state index in [1.807, 2.05) is 54.6 Å². The van der Waals surface area contributed by atoms with Gasteiger partial charge in [0, 0.05) is 80.8 Å². The van der Waals surface area contributed by atoms with Crippen molar-refractivity contribution in [3.8, 4) is 0 Å². The molecule has 366 valence electrons. The van der Waals surface area contributed by atoms with Crippen molar-refractivity contribution in [2.75, 3.05) is 58.8 Å². The smallest absolute Gasteiger partial charge is 0.295 e. The number of hydrogen-bond acceptors (Lipinski definition) is 16. The summed E-state index contributed by atoms with van der Waals surface area (Å²) >= 11 is 5.48. The molecule has 8 rings (SSSR count). The van der Waals surface area contributed by atoms with E-state index in [1.165, 1.54) is 23.8 Å². The Balaban J connectivity index is 0.000000196. The lowest BCUT2D eigenvalue weighted by molar-refractivity contribution is -0.643. The second-order valence-corrected chi connectivity index (χ2v) is 15.0. The zero-order valence-electron chi connectivity index (χ0n) is 38.7. The molecular weight excluding hydrogens is 924 g/mol. The Kier molecular flexibility index (Phi) is 23.2. The number of hydrogen-bond donors (Lipinski definition) is 3. The summed E-state index contributed by atoms with van der Waals surface area (Å²) in [5.74, 6) is 0.276. The molecule has 0 fully saturated rings. The van der Waals surface area contributed by atoms with Crippen molar-refractivity contribution in [3.05, 3.63) is 204 Å². The van der Waals surface area contributed by atoms with E-state index in [2.05, 4.69) is 31.5 Å². The van der Waals surface area contributed by atoms with E-state index in [9.17, 15) is 30.6 Å². The number of non-ortho nitro benzene ring substituents is 2. The number of nitro benzene ring substituents is 2. The number of methoxy groups -OCH3 is 3. The molecule has 70 heavy (non-hydrogen) atoms. The largest absolute Gasteiger partial charge is 0.594 e. The number of aliphatic hydroxyl groups is 1. The summed E-state index contributed by atoms with van der Waals surface area (Å²) in [7, 11) is 4.99. The van der Waals surface area contributed by atoms with E-state index in [4.69, 9.17) is 36.7 Å². The third-order valence-electron chi connectivity index (χ3n) is 9.54. The van der Waals surface area contributed by atoms with E-state index in [0.29, 0.717) is 57.8 Å². The van der Waals surface area contributed by atoms with E-state index in [0.717, 1.165) is 47.5 Å². The number of aromatic nitrogens is 6. The zero-order valence-corrected chi connectivity index (χ0v) is 39.4. The average Bonchev–Trinajstić information content (AvgIpc) is 3.36. The third kappa shape index (κ3) is 18.9. The van der Waals surface area contributed by atoms with Crippen LogP contribution in [0.25, 0.3) is 22.1 Å². The van der Waals surface area contributed by atoms with Crippen molar-refractivity contribution in [2.24, 2.45) is 0 Å². The molecule has 0 spiro atoms. The van der Waals surface area contributed by atoms with Gasteiger partial charge in [-0.25, -0.2) is 9.97 Å². The van der Waals surface area contributed by atoms with Crippen molar-refractivity contribution < 1.29 is 38.9 Å². The molecule has 0 atom stereocenters. The fourth-order valence-corrected chi connectivity index (χ4v) is 6.30. The molecule has 0 saturated carbocycles. The predicted molar refractivity (Wildman–Crippen MR) is 266 cm³/mol. The number of nitrogens with zero attached hydrogens (tertiary/aromatic N) is 8. The number of nitrogen functional groups attached to an aromatic ring is 1. The number of nitrogens with one attached hydrogen (secondary N) is 1. The molecule has 0 unspecified atom stereocenters. The highest BCUT2D eigenvalue weighted by Gasteiger charge is 2.11. The molecular formula is C49H53ClN10O10. The van der Waals surface area contributed by atoms with Crippen molar-refractivity contribution in [1.82, 2.24) is 20.2 Å². The van der Waals surface area contributed by atoms with Crippen molar-refractivity contribution in [1.29, 1.82) is 0 Å². The number of halogens is 1. The summed E-state index contributed by atoms with van der Waals surface area (Å²) in [5, 5.41) is 62.6. The summed E-state index contributed by atoms with van der Waals surface area (Å²) in [6.07, 6.45) is 2.92. The van der Waals surface area contributed by atoms with Gasteiger partial charge < -0.3 is 40.8 Å². The van der Waals surface area contributed by atoms with Crippen LogP contribution in [-0.2, 0) is 39.9 Å². The first-order chi connectivity index (χ1) is 33.8. The Morgan fingerprint density at radius 1 is 0.586 bits per heavy atom. The van der Waals surface area contributed by atoms with Gasteiger partial charge in [-0.05, 0) is 106 Å². The van der Waals surface area contributed by atoms with Gasteiger partial charge in [0.1, 0.15) is 11.0 Å². The Bertz CT molecular complexity index is 2900. The Morgan fingerprint density at radius 3 is 1.53 bits per heavy atom. The molecule has 8 aromatic rings. The fraction of sp³-hybridized carbons (Fsp3) is 0.224. The van der Waals surface area contributed by atoms with Crippen LogP contribution < -0.4 is 20.7 Å². The van der Waals surface area contributed by atoms with Crippen LogP contribution in [0.3, 0.4) is 0 Å². The highest BCUT2D eigenvalue weighted by Crippen LogP contribution is 2.17. The van der Waals surface area contributed by atoms with Crippen LogP contribution in [0.1, 0.15) is 22.3 Å². The molecule has 0 saturated heterocycles. The second-order valence-electron chi connectivity index (χ2n) is 14.7. The van der Waals surface area contributed by atoms with Crippen LogP contribution in [0.15, 0.2) is 146 Å². The molecule has 20 nitrogen and oxygen atoms in total. The Hall–Kier alpha value is -8.01. The van der Waals surface area contributed by atoms with Gasteiger partial charge in [-0.2, -0.15) is 0 Å². The molecule has 4 N–H and O–H groups in total. The maximum absolute atomic E-state index is 11.9. The number of anilines is 3. The molecule has 2 aromatic heterocycles. The topological polar surface area (TPSA) is 278 Å². The summed E-state index contributed by atoms with van der Waals surface area (Å²) in [4.78, 5) is 29.1. The first kappa shape index (κ1) is 54.6. The molecule has 0 amide bonds. The highest BCUT2D eigenvalue weighted by atomic mass is 35.5. The maximum atomic E-state index is 11.9. The van der Waals surface area contributed by atoms with E-state index >= 15 is 0 Å². The maximum Gasteiger partial charge on any atom is 0.295 e. The summed E-state index contributed by atoms with van der Waals surface area (Å²) < 4.78 is 14.9. The van der Waals surface area contributed by atoms with Crippen LogP contribution in [0.2, 0.25) is 5.28 Å². The van der Waals surface area contributed by atoms with Crippen LogP contribution >= 0.6 is 11.6 Å². The quantitative estimate of drug-likeness (QED) is 0.0295. The van der Waals surface area contributed by atoms with Crippen LogP contribution in [0.5, 0.6) is 0 Å². The number of ether oxygens (including phenoxy) is 3. The number of rotatable bonds is 15. The number of para-hydroxylation sites is 4. The zero-order chi connectivity index (χ0) is 50.7. The van der Waals surface area contributed by atoms with Gasteiger partial charge in [-0.15, -0.1) is 0 Å². The number of fused-ring (bicyclic) bond motifs is 2. The highest BCUT2D eigenvalue weighted by molar-refractivity contribution is 6.28. The molecule has 0 aliphatic carbocycles. The minimum absolute atomic E-state index is 0.0150. The molecule has 6 aromatic carbocycles. The third-order valence-corrected chi connectivity index (χ3v) is 9.70. The lowest BCUT2D eigenvalue weighted by Crippen LogP contribution is -2.33. The van der Waals surface area contributed by atoms with Crippen LogP contribution in [-0.4, -0.2) is 82.9 Å². The van der Waals surface area contributed by atoms with Crippen LogP contribution in [0.4, 0.5) is 28.7 Å². The van der Waals surface area contributed by atoms with E-state index in [1.54, 1.807) is 88.1 Å². The first-order valence-corrected chi connectivity index (χ1v) is 21.8. The lowest BCUT2D eigenvalue weighted by atomic mass is 10.1. The number of benzene rings is 6. The molecule has 0 aliphatic heterocycles. The predicted octanol–water partition coefficient (Wildman–Crippen LogP) is 7.48. The summed E-state index contributed by atoms with van der Waals surface area (Å²) in [5.41, 5.74) is 13.5. The van der Waals surface area contributed by atoms with Crippen molar-refractivity contribution in [2.45, 2.75) is 25.7 Å². The monoisotopic (exact) mass is 976 g/mol. The van der Waals surface area contributed by atoms with Gasteiger partial charge in [0.15, 0.2) is 0 Å². The SMILES string of the molecule is COCCc1cccc(N)c1.COCCc1cccc(Nc2nc3ccccc3[n+]([O-])n2)c1.COCCc1cccc([N+](=O)[O-])c1.O=[N+]([O-])c1cccc(CCO)c1.[O-][n+]1nc(Cl)nc2ccccc21. The fourth-order valence-electron chi connectivity index (χ4n) is 6.14. The van der Waals surface area contributed by atoms with E-state index < -0.39 is 9.85 Å². The number of nitro groups is 2. The standard InChI is InChI=1S/C16H16N4O2.C9H11NO3.C9H13NO.C8H9NO3.C7H4ClN3O/c1-22-10-9-12-5-4-6-13(11-12)17-16-18-14-7-2-3-8-15(14)20(21)19-16;1-13-6-5-8-3-2-4-9(7-8)10(11)12;1-11-6-5-8-3-2-4-9(10)7-8;10-5-4-7-2-1-3-8(6-7)9(11)12;8-7-9-5-3-1-2-4-6(5)11(12)10-7/h2-8,11H,9-10H2,1H3,(H,17,18,19);2-4,7H,5-6H2,1H3;2-4,7H,5-6,10H2,1H3;1-3,6,10H,4-5H2;1-4H. The number of nitrogens with two attached hydrogens (primary N) is 1. The van der Waals surface area contributed by atoms with Gasteiger partial charge >= 0.3 is 0 Å². The van der Waals surface area contributed by atoms with Gasteiger partial charge in [-0.1, -0.05) is 72.8 Å². The van der Waals surface area contributed by atoms with Crippen molar-refractivity contribution in [3.63, 3.8) is 0 Å². The van der Waals surface area contributed by atoms with Gasteiger partial charge in [0.25, 0.3) is 33.6 Å². The molecule has 2 heterocycles. The molecule has 0 radical (unpaired) electrons. The Morgan fingerprint density at radius 2 is 1.03 bits per heavy atom. The normalized spacial score (nSPS) is 10.2. The summed E-state index contributed by atoms with van der Waals surface area (Å²) in [6, 6.07) is 42.6. The average molecular weight is 977 g/mol. The summed E-state index contributed by atoms with van der Waals surface area (Å²) in [6.45, 7) is 2.02. The molecule has 0 aliphatic rings. The van der Waals surface area contributed by atoms with Gasteiger partial charge in [0.05, 0.1) is 34.8 Å². The lowest BCUT2D eigenvalue weighted by Gasteiger charge is -2.07.